The molecule has 2 atom stereocenters. The first-order chi connectivity index (χ1) is 8.27. The quantitative estimate of drug-likeness (QED) is 0.848. The van der Waals surface area contributed by atoms with E-state index in [4.69, 9.17) is 4.74 Å². The van der Waals surface area contributed by atoms with E-state index >= 15 is 0 Å². The highest BCUT2D eigenvalue weighted by Crippen LogP contribution is 2.35. The largest absolute Gasteiger partial charge is 0.496 e. The topological polar surface area (TPSA) is 25.8 Å². The number of hydrogen-bond acceptors (Lipinski definition) is 1. The van der Waals surface area contributed by atoms with Crippen LogP contribution in [0.2, 0.25) is 0 Å². The van der Waals surface area contributed by atoms with E-state index in [9.17, 15) is 0 Å². The highest BCUT2D eigenvalue weighted by atomic mass is 16.5. The van der Waals surface area contributed by atoms with Crippen molar-refractivity contribution < 1.29 is 10.1 Å². The van der Waals surface area contributed by atoms with Gasteiger partial charge in [0.15, 0.2) is 0 Å². The van der Waals surface area contributed by atoms with Crippen molar-refractivity contribution in [3.05, 3.63) is 29.3 Å². The second-order valence-corrected chi connectivity index (χ2v) is 5.04. The van der Waals surface area contributed by atoms with E-state index in [1.807, 2.05) is 0 Å². The minimum Gasteiger partial charge on any atom is -0.496 e. The van der Waals surface area contributed by atoms with Gasteiger partial charge in [-0.25, -0.2) is 0 Å². The van der Waals surface area contributed by atoms with Gasteiger partial charge in [0.25, 0.3) is 0 Å². The maximum Gasteiger partial charge on any atom is 0.122 e. The van der Waals surface area contributed by atoms with Crippen LogP contribution >= 0.6 is 0 Å². The highest BCUT2D eigenvalue weighted by molar-refractivity contribution is 5.44. The molecule has 0 aliphatic heterocycles. The minimum atomic E-state index is 0.639. The first-order valence-electron chi connectivity index (χ1n) is 6.77. The van der Waals surface area contributed by atoms with Crippen LogP contribution in [0.4, 0.5) is 0 Å². The molecule has 2 N–H and O–H groups in total. The van der Waals surface area contributed by atoms with Crippen molar-refractivity contribution in [2.24, 2.45) is 0 Å². The summed E-state index contributed by atoms with van der Waals surface area (Å²) in [4.78, 5) is 0. The first kappa shape index (κ1) is 12.4. The van der Waals surface area contributed by atoms with Crippen LogP contribution in [0.5, 0.6) is 5.75 Å². The first-order valence-corrected chi connectivity index (χ1v) is 6.77. The third-order valence-corrected chi connectivity index (χ3v) is 4.01. The lowest BCUT2D eigenvalue weighted by atomic mass is 9.80. The normalized spacial score (nSPS) is 23.2. The molecule has 0 saturated heterocycles. The standard InChI is InChI=1S/C15H23NO/c1-4-10-16-14-9-8-13-12(11(14)2)6-5-7-15(13)17-3/h5-7,11,14,16H,4,8-10H2,1-3H3/p+1/t11-,14+/m0/s1. The Hall–Kier alpha value is -1.02. The summed E-state index contributed by atoms with van der Waals surface area (Å²) in [5.74, 6) is 1.71. The Balaban J connectivity index is 2.20. The summed E-state index contributed by atoms with van der Waals surface area (Å²) in [6.07, 6.45) is 3.69. The zero-order chi connectivity index (χ0) is 12.3. The van der Waals surface area contributed by atoms with Crippen molar-refractivity contribution in [1.29, 1.82) is 0 Å². The molecule has 0 heterocycles. The Morgan fingerprint density at radius 3 is 2.94 bits per heavy atom. The Kier molecular flexibility index (Phi) is 4.06. The molecule has 2 nitrogen and oxygen atoms in total. The predicted molar refractivity (Wildman–Crippen MR) is 70.6 cm³/mol. The van der Waals surface area contributed by atoms with Gasteiger partial charge in [-0.3, -0.25) is 0 Å². The molecule has 17 heavy (non-hydrogen) atoms. The molecule has 0 amide bonds. The van der Waals surface area contributed by atoms with Gasteiger partial charge in [-0.2, -0.15) is 0 Å². The Bertz CT molecular complexity index is 375. The molecule has 1 aromatic carbocycles. The van der Waals surface area contributed by atoms with Crippen LogP contribution < -0.4 is 10.1 Å². The molecule has 1 aliphatic carbocycles. The molecule has 0 spiro atoms. The van der Waals surface area contributed by atoms with Crippen LogP contribution in [0, 0.1) is 0 Å². The molecule has 0 fully saturated rings. The number of benzene rings is 1. The summed E-state index contributed by atoms with van der Waals surface area (Å²) in [6.45, 7) is 5.85. The highest BCUT2D eigenvalue weighted by Gasteiger charge is 2.29. The van der Waals surface area contributed by atoms with Gasteiger partial charge in [-0.15, -0.1) is 0 Å². The van der Waals surface area contributed by atoms with E-state index in [1.165, 1.54) is 30.5 Å². The monoisotopic (exact) mass is 234 g/mol. The number of quaternary nitrogens is 1. The van der Waals surface area contributed by atoms with Crippen molar-refractivity contribution >= 4 is 0 Å². The van der Waals surface area contributed by atoms with Gasteiger partial charge < -0.3 is 10.1 Å². The molecule has 1 aliphatic rings. The minimum absolute atomic E-state index is 0.639. The smallest absolute Gasteiger partial charge is 0.122 e. The SMILES string of the molecule is CCC[NH2+][C@@H]1CCc2c(OC)cccc2[C@@H]1C. The van der Waals surface area contributed by atoms with Crippen LogP contribution in [-0.2, 0) is 6.42 Å². The molecule has 2 rings (SSSR count). The molecule has 0 bridgehead atoms. The fraction of sp³-hybridized carbons (Fsp3) is 0.600. The fourth-order valence-corrected chi connectivity index (χ4v) is 2.96. The lowest BCUT2D eigenvalue weighted by Gasteiger charge is -2.30. The van der Waals surface area contributed by atoms with Crippen molar-refractivity contribution in [1.82, 2.24) is 0 Å². The van der Waals surface area contributed by atoms with Crippen molar-refractivity contribution in [3.63, 3.8) is 0 Å². The summed E-state index contributed by atoms with van der Waals surface area (Å²) in [5, 5.41) is 2.52. The zero-order valence-corrected chi connectivity index (χ0v) is 11.2. The van der Waals surface area contributed by atoms with E-state index in [0.717, 1.165) is 18.2 Å². The molecule has 0 saturated carbocycles. The van der Waals surface area contributed by atoms with Crippen molar-refractivity contribution in [3.8, 4) is 5.75 Å². The summed E-state index contributed by atoms with van der Waals surface area (Å²) in [5.41, 5.74) is 2.93. The zero-order valence-electron chi connectivity index (χ0n) is 11.2. The number of fused-ring (bicyclic) bond motifs is 1. The number of nitrogens with two attached hydrogens (primary N) is 1. The van der Waals surface area contributed by atoms with Gasteiger partial charge in [-0.1, -0.05) is 26.0 Å². The van der Waals surface area contributed by atoms with Gasteiger partial charge in [0.2, 0.25) is 0 Å². The van der Waals surface area contributed by atoms with E-state index in [2.05, 4.69) is 37.4 Å². The maximum atomic E-state index is 5.47. The van der Waals surface area contributed by atoms with Crippen LogP contribution in [0.1, 0.15) is 43.7 Å². The van der Waals surface area contributed by atoms with E-state index < -0.39 is 0 Å². The average Bonchev–Trinajstić information content (AvgIpc) is 2.37. The third kappa shape index (κ3) is 2.47. The molecule has 0 unspecified atom stereocenters. The fourth-order valence-electron chi connectivity index (χ4n) is 2.96. The van der Waals surface area contributed by atoms with E-state index in [1.54, 1.807) is 7.11 Å². The van der Waals surface area contributed by atoms with E-state index in [-0.39, 0.29) is 0 Å². The second-order valence-electron chi connectivity index (χ2n) is 5.04. The van der Waals surface area contributed by atoms with Gasteiger partial charge in [0.1, 0.15) is 5.75 Å². The molecule has 0 radical (unpaired) electrons. The summed E-state index contributed by atoms with van der Waals surface area (Å²) in [7, 11) is 1.77. The van der Waals surface area contributed by atoms with Crippen molar-refractivity contribution in [2.45, 2.75) is 45.1 Å². The van der Waals surface area contributed by atoms with Crippen LogP contribution in [0.15, 0.2) is 18.2 Å². The van der Waals surface area contributed by atoms with Crippen LogP contribution in [-0.4, -0.2) is 19.7 Å². The van der Waals surface area contributed by atoms with Gasteiger partial charge >= 0.3 is 0 Å². The lowest BCUT2D eigenvalue weighted by Crippen LogP contribution is -2.91. The Morgan fingerprint density at radius 2 is 2.24 bits per heavy atom. The van der Waals surface area contributed by atoms with Crippen LogP contribution in [0.3, 0.4) is 0 Å². The average molecular weight is 234 g/mol. The summed E-state index contributed by atoms with van der Waals surface area (Å²) < 4.78 is 5.47. The Morgan fingerprint density at radius 1 is 1.41 bits per heavy atom. The van der Waals surface area contributed by atoms with Gasteiger partial charge in [-0.05, 0) is 30.0 Å². The molecule has 0 aromatic heterocycles. The Labute approximate surface area is 104 Å². The van der Waals surface area contributed by atoms with Gasteiger partial charge in [0, 0.05) is 12.3 Å². The third-order valence-electron chi connectivity index (χ3n) is 4.01. The van der Waals surface area contributed by atoms with Gasteiger partial charge in [0.05, 0.1) is 19.7 Å². The van der Waals surface area contributed by atoms with Crippen LogP contribution in [0.25, 0.3) is 0 Å². The summed E-state index contributed by atoms with van der Waals surface area (Å²) in [6, 6.07) is 7.22. The number of ether oxygens (including phenoxy) is 1. The predicted octanol–water partition coefficient (Wildman–Crippen LogP) is 2.09. The molecule has 1 aromatic rings. The number of rotatable bonds is 4. The number of methoxy groups -OCH3 is 1. The summed E-state index contributed by atoms with van der Waals surface area (Å²) >= 11 is 0. The molecule has 94 valence electrons. The maximum absolute atomic E-state index is 5.47. The second kappa shape index (κ2) is 5.54. The molecular weight excluding hydrogens is 210 g/mol. The van der Waals surface area contributed by atoms with E-state index in [0.29, 0.717) is 5.92 Å². The molecular formula is C15H24NO+. The molecule has 2 heteroatoms. The number of hydrogen-bond donors (Lipinski definition) is 1. The van der Waals surface area contributed by atoms with Crippen molar-refractivity contribution in [2.75, 3.05) is 13.7 Å². The lowest BCUT2D eigenvalue weighted by molar-refractivity contribution is -0.693.